The Hall–Kier alpha value is -1.57. The molecule has 1 heterocycles. The van der Waals surface area contributed by atoms with Gasteiger partial charge in [0.05, 0.1) is 12.5 Å². The second-order valence-electron chi connectivity index (χ2n) is 2.39. The average Bonchev–Trinajstić information content (AvgIpc) is 2.08. The maximum Gasteiger partial charge on any atom is 0.333 e. The van der Waals surface area contributed by atoms with Crippen molar-refractivity contribution in [3.8, 4) is 5.75 Å². The second-order valence-corrected chi connectivity index (χ2v) is 2.39. The summed E-state index contributed by atoms with van der Waals surface area (Å²) in [5.74, 6) is 0.519. The van der Waals surface area contributed by atoms with Gasteiger partial charge in [-0.15, -0.1) is 0 Å². The van der Waals surface area contributed by atoms with Crippen LogP contribution in [-0.4, -0.2) is 0 Å². The Kier molecular flexibility index (Phi) is 2.29. The van der Waals surface area contributed by atoms with Crippen LogP contribution < -0.4 is 5.11 Å². The Labute approximate surface area is 71.5 Å². The van der Waals surface area contributed by atoms with Crippen LogP contribution in [0.15, 0.2) is 23.8 Å². The van der Waals surface area contributed by atoms with Crippen molar-refractivity contribution >= 4 is 12.2 Å². The molecule has 0 fully saturated rings. The van der Waals surface area contributed by atoms with Crippen LogP contribution in [0.3, 0.4) is 0 Å². The molecule has 0 aliphatic heterocycles. The van der Waals surface area contributed by atoms with Crippen LogP contribution in [-0.2, 0) is 0 Å². The first-order valence-electron chi connectivity index (χ1n) is 3.58. The predicted octanol–water partition coefficient (Wildman–Crippen LogP) is 2.23. The Balaban J connectivity index is 3.48. The van der Waals surface area contributed by atoms with Crippen LogP contribution >= 0.6 is 0 Å². The van der Waals surface area contributed by atoms with Crippen molar-refractivity contribution in [3.05, 3.63) is 36.3 Å². The summed E-state index contributed by atoms with van der Waals surface area (Å²) < 4.78 is 4.99. The van der Waals surface area contributed by atoms with Crippen LogP contribution in [0.1, 0.15) is 16.9 Å². The van der Waals surface area contributed by atoms with Crippen molar-refractivity contribution in [2.75, 3.05) is 0 Å². The summed E-state index contributed by atoms with van der Waals surface area (Å²) in [7, 11) is 0. The van der Waals surface area contributed by atoms with E-state index < -0.39 is 0 Å². The molecule has 2 heteroatoms. The van der Waals surface area contributed by atoms with Gasteiger partial charge < -0.3 is 5.11 Å². The summed E-state index contributed by atoms with van der Waals surface area (Å²) in [5.41, 5.74) is 1.27. The highest BCUT2D eigenvalue weighted by Gasteiger charge is 2.10. The molecule has 0 aromatic carbocycles. The van der Waals surface area contributed by atoms with E-state index >= 15 is 0 Å². The fourth-order valence-electron chi connectivity index (χ4n) is 1.06. The van der Waals surface area contributed by atoms with Crippen LogP contribution in [0.25, 0.3) is 12.2 Å². The first-order valence-corrected chi connectivity index (χ1v) is 3.58. The van der Waals surface area contributed by atoms with Gasteiger partial charge in [0.25, 0.3) is 0 Å². The number of aryl methyl sites for hydroxylation is 1. The SMILES string of the molecule is C=Cc1c([O-])c[o+]c(C)c1C=C. The van der Waals surface area contributed by atoms with E-state index in [0.29, 0.717) is 11.3 Å². The highest BCUT2D eigenvalue weighted by Crippen LogP contribution is 2.23. The Morgan fingerprint density at radius 1 is 1.33 bits per heavy atom. The summed E-state index contributed by atoms with van der Waals surface area (Å²) in [5, 5.41) is 11.2. The van der Waals surface area contributed by atoms with Gasteiger partial charge in [-0.3, -0.25) is 0 Å². The van der Waals surface area contributed by atoms with E-state index in [2.05, 4.69) is 13.2 Å². The smallest absolute Gasteiger partial charge is 0.333 e. The molecule has 0 unspecified atom stereocenters. The third kappa shape index (κ3) is 1.23. The van der Waals surface area contributed by atoms with Crippen LogP contribution in [0, 0.1) is 6.92 Å². The Morgan fingerprint density at radius 3 is 2.33 bits per heavy atom. The molecule has 0 atom stereocenters. The van der Waals surface area contributed by atoms with Gasteiger partial charge in [-0.2, -0.15) is 0 Å². The molecule has 0 bridgehead atoms. The van der Waals surface area contributed by atoms with Crippen molar-refractivity contribution in [2.45, 2.75) is 6.92 Å². The van der Waals surface area contributed by atoms with Gasteiger partial charge in [-0.05, 0) is 11.3 Å². The highest BCUT2D eigenvalue weighted by atomic mass is 16.3. The van der Waals surface area contributed by atoms with Gasteiger partial charge in [0.1, 0.15) is 0 Å². The Morgan fingerprint density at radius 2 is 1.92 bits per heavy atom. The number of hydrogen-bond acceptors (Lipinski definition) is 1. The van der Waals surface area contributed by atoms with Gasteiger partial charge in [-0.1, -0.05) is 25.3 Å². The third-order valence-electron chi connectivity index (χ3n) is 1.69. The highest BCUT2D eigenvalue weighted by molar-refractivity contribution is 5.68. The number of hydrogen-bond donors (Lipinski definition) is 0. The van der Waals surface area contributed by atoms with Crippen molar-refractivity contribution in [3.63, 3.8) is 0 Å². The van der Waals surface area contributed by atoms with E-state index in [1.54, 1.807) is 13.0 Å². The molecular weight excluding hydrogens is 152 g/mol. The first kappa shape index (κ1) is 8.53. The maximum absolute atomic E-state index is 11.2. The second kappa shape index (κ2) is 3.22. The topological polar surface area (TPSA) is 34.4 Å². The van der Waals surface area contributed by atoms with E-state index in [1.807, 2.05) is 0 Å². The van der Waals surface area contributed by atoms with E-state index in [9.17, 15) is 5.11 Å². The van der Waals surface area contributed by atoms with Gasteiger partial charge in [-0.25, -0.2) is 4.42 Å². The molecule has 0 aliphatic rings. The van der Waals surface area contributed by atoms with Crippen molar-refractivity contribution in [2.24, 2.45) is 0 Å². The molecule has 0 radical (unpaired) electrons. The zero-order chi connectivity index (χ0) is 9.14. The Bertz CT molecular complexity index is 294. The van der Waals surface area contributed by atoms with E-state index in [0.717, 1.165) is 5.56 Å². The first-order chi connectivity index (χ1) is 5.70. The lowest BCUT2D eigenvalue weighted by molar-refractivity contribution is -0.270. The fourth-order valence-corrected chi connectivity index (χ4v) is 1.06. The minimum atomic E-state index is -0.162. The van der Waals surface area contributed by atoms with Crippen molar-refractivity contribution < 1.29 is 9.52 Å². The summed E-state index contributed by atoms with van der Waals surface area (Å²) in [4.78, 5) is 0. The molecule has 0 saturated carbocycles. The molecule has 1 aromatic rings. The molecule has 12 heavy (non-hydrogen) atoms. The molecule has 2 nitrogen and oxygen atoms in total. The van der Waals surface area contributed by atoms with Crippen LogP contribution in [0.5, 0.6) is 5.75 Å². The summed E-state index contributed by atoms with van der Waals surface area (Å²) in [6.07, 6.45) is 4.29. The lowest BCUT2D eigenvalue weighted by Crippen LogP contribution is -1.96. The van der Waals surface area contributed by atoms with Crippen LogP contribution in [0.2, 0.25) is 0 Å². The molecule has 0 N–H and O–H groups in total. The quantitative estimate of drug-likeness (QED) is 0.625. The van der Waals surface area contributed by atoms with E-state index in [1.165, 1.54) is 12.3 Å². The maximum atomic E-state index is 11.2. The zero-order valence-corrected chi connectivity index (χ0v) is 6.96. The predicted molar refractivity (Wildman–Crippen MR) is 47.5 cm³/mol. The van der Waals surface area contributed by atoms with Gasteiger partial charge >= 0.3 is 12.0 Å². The van der Waals surface area contributed by atoms with Gasteiger partial charge in [0.15, 0.2) is 0 Å². The van der Waals surface area contributed by atoms with Gasteiger partial charge in [0, 0.05) is 0 Å². The van der Waals surface area contributed by atoms with Gasteiger partial charge in [0.2, 0.25) is 0 Å². The lowest BCUT2D eigenvalue weighted by atomic mass is 10.1. The van der Waals surface area contributed by atoms with Crippen LogP contribution in [0.4, 0.5) is 0 Å². The zero-order valence-electron chi connectivity index (χ0n) is 6.96. The molecule has 1 rings (SSSR count). The molecular formula is C10H10O2. The molecule has 1 aromatic heterocycles. The standard InChI is InChI=1S/C10H10O2/c1-4-8-7(3)12-6-10(11)9(8)5-2/h4-6H,1-2H2,3H3. The van der Waals surface area contributed by atoms with Crippen molar-refractivity contribution in [1.29, 1.82) is 0 Å². The number of rotatable bonds is 2. The summed E-state index contributed by atoms with van der Waals surface area (Å²) in [6.45, 7) is 8.93. The summed E-state index contributed by atoms with van der Waals surface area (Å²) >= 11 is 0. The molecule has 0 spiro atoms. The average molecular weight is 162 g/mol. The molecule has 0 amide bonds. The largest absolute Gasteiger partial charge is 0.866 e. The summed E-state index contributed by atoms with van der Waals surface area (Å²) in [6, 6.07) is 0. The third-order valence-corrected chi connectivity index (χ3v) is 1.69. The minimum absolute atomic E-state index is 0.162. The van der Waals surface area contributed by atoms with E-state index in [4.69, 9.17) is 4.42 Å². The normalized spacial score (nSPS) is 9.42. The molecule has 0 aliphatic carbocycles. The van der Waals surface area contributed by atoms with Crippen molar-refractivity contribution in [1.82, 2.24) is 0 Å². The molecule has 62 valence electrons. The molecule has 0 saturated heterocycles. The van der Waals surface area contributed by atoms with E-state index in [-0.39, 0.29) is 5.75 Å². The fraction of sp³-hybridized carbons (Fsp3) is 0.100. The lowest BCUT2D eigenvalue weighted by Gasteiger charge is -2.06. The minimum Gasteiger partial charge on any atom is -0.866 e. The monoisotopic (exact) mass is 162 g/mol.